The summed E-state index contributed by atoms with van der Waals surface area (Å²) < 4.78 is 10.7. The zero-order valence-electron chi connectivity index (χ0n) is 15.8. The van der Waals surface area contributed by atoms with Gasteiger partial charge in [-0.15, -0.1) is 0 Å². The number of urea groups is 1. The molecule has 3 rings (SSSR count). The van der Waals surface area contributed by atoms with Gasteiger partial charge < -0.3 is 19.5 Å². The fourth-order valence-electron chi connectivity index (χ4n) is 3.01. The zero-order valence-corrected chi connectivity index (χ0v) is 15.8. The highest BCUT2D eigenvalue weighted by molar-refractivity contribution is 5.75. The average molecular weight is 358 g/mol. The molecule has 1 N–H and O–H groups in total. The van der Waals surface area contributed by atoms with E-state index >= 15 is 0 Å². The van der Waals surface area contributed by atoms with Crippen LogP contribution in [0, 0.1) is 0 Å². The highest BCUT2D eigenvalue weighted by Crippen LogP contribution is 2.29. The number of ether oxygens (including phenoxy) is 1. The summed E-state index contributed by atoms with van der Waals surface area (Å²) in [5.41, 5.74) is 0.632. The maximum Gasteiger partial charge on any atom is 0.317 e. The number of carbonyl (C=O) groups excluding carboxylic acids is 1. The van der Waals surface area contributed by atoms with Gasteiger partial charge in [0.15, 0.2) is 0 Å². The molecule has 1 aliphatic heterocycles. The van der Waals surface area contributed by atoms with Crippen LogP contribution in [0.25, 0.3) is 11.4 Å². The van der Waals surface area contributed by atoms with Crippen molar-refractivity contribution in [1.82, 2.24) is 20.4 Å². The number of nitrogens with zero attached hydrogens (tertiary/aromatic N) is 3. The quantitative estimate of drug-likeness (QED) is 0.909. The van der Waals surface area contributed by atoms with Crippen molar-refractivity contribution < 1.29 is 14.1 Å². The van der Waals surface area contributed by atoms with E-state index in [9.17, 15) is 4.79 Å². The Balaban J connectivity index is 1.62. The number of aromatic nitrogens is 2. The molecule has 0 bridgehead atoms. The largest absolute Gasteiger partial charge is 0.497 e. The van der Waals surface area contributed by atoms with Crippen LogP contribution < -0.4 is 10.1 Å². The second kappa shape index (κ2) is 7.35. The summed E-state index contributed by atoms with van der Waals surface area (Å²) in [6, 6.07) is 7.57. The number of rotatable bonds is 3. The van der Waals surface area contributed by atoms with Crippen molar-refractivity contribution in [2.75, 3.05) is 20.2 Å². The molecule has 7 heteroatoms. The maximum absolute atomic E-state index is 12.3. The van der Waals surface area contributed by atoms with Crippen LogP contribution in [0.3, 0.4) is 0 Å². The SMILES string of the molecule is COc1cccc(-c2noc(C3CCN(C(=O)NC(C)(C)C)CC3)n2)c1. The van der Waals surface area contributed by atoms with Crippen LogP contribution in [0.5, 0.6) is 5.75 Å². The van der Waals surface area contributed by atoms with E-state index in [-0.39, 0.29) is 17.5 Å². The van der Waals surface area contributed by atoms with Gasteiger partial charge in [-0.1, -0.05) is 17.3 Å². The van der Waals surface area contributed by atoms with Crippen LogP contribution in [-0.2, 0) is 0 Å². The molecule has 1 aromatic heterocycles. The predicted molar refractivity (Wildman–Crippen MR) is 98.1 cm³/mol. The second-order valence-corrected chi connectivity index (χ2v) is 7.63. The molecule has 0 unspecified atom stereocenters. The second-order valence-electron chi connectivity index (χ2n) is 7.63. The molecule has 0 atom stereocenters. The molecule has 0 saturated carbocycles. The van der Waals surface area contributed by atoms with Gasteiger partial charge in [-0.05, 0) is 45.7 Å². The first-order valence-electron chi connectivity index (χ1n) is 8.91. The number of benzene rings is 1. The minimum atomic E-state index is -0.230. The number of carbonyl (C=O) groups is 1. The predicted octanol–water partition coefficient (Wildman–Crippen LogP) is 3.43. The summed E-state index contributed by atoms with van der Waals surface area (Å²) in [5, 5.41) is 7.11. The Kier molecular flexibility index (Phi) is 5.15. The minimum Gasteiger partial charge on any atom is -0.497 e. The van der Waals surface area contributed by atoms with Crippen molar-refractivity contribution in [2.45, 2.75) is 45.1 Å². The van der Waals surface area contributed by atoms with Crippen LogP contribution in [0.2, 0.25) is 0 Å². The lowest BCUT2D eigenvalue weighted by atomic mass is 9.97. The minimum absolute atomic E-state index is 0.0152. The molecule has 26 heavy (non-hydrogen) atoms. The van der Waals surface area contributed by atoms with Crippen LogP contribution in [0.15, 0.2) is 28.8 Å². The Morgan fingerprint density at radius 3 is 2.69 bits per heavy atom. The van der Waals surface area contributed by atoms with E-state index in [0.717, 1.165) is 24.2 Å². The van der Waals surface area contributed by atoms with Gasteiger partial charge in [0.05, 0.1) is 7.11 Å². The van der Waals surface area contributed by atoms with Gasteiger partial charge in [0.2, 0.25) is 11.7 Å². The first-order chi connectivity index (χ1) is 12.4. The van der Waals surface area contributed by atoms with Gasteiger partial charge in [0.1, 0.15) is 5.75 Å². The number of likely N-dealkylation sites (tertiary alicyclic amines) is 1. The molecule has 2 aromatic rings. The summed E-state index contributed by atoms with van der Waals surface area (Å²) in [6.45, 7) is 7.31. The third-order valence-electron chi connectivity index (χ3n) is 4.38. The van der Waals surface area contributed by atoms with Crippen molar-refractivity contribution in [3.8, 4) is 17.1 Å². The standard InChI is InChI=1S/C19H26N4O3/c1-19(2,3)21-18(24)23-10-8-13(9-11-23)17-20-16(22-26-17)14-6-5-7-15(12-14)25-4/h5-7,12-13H,8-11H2,1-4H3,(H,21,24). The summed E-state index contributed by atoms with van der Waals surface area (Å²) >= 11 is 0. The van der Waals surface area contributed by atoms with Gasteiger partial charge >= 0.3 is 6.03 Å². The van der Waals surface area contributed by atoms with E-state index < -0.39 is 0 Å². The fourth-order valence-corrected chi connectivity index (χ4v) is 3.01. The topological polar surface area (TPSA) is 80.5 Å². The van der Waals surface area contributed by atoms with Gasteiger partial charge in [-0.3, -0.25) is 0 Å². The number of amides is 2. The highest BCUT2D eigenvalue weighted by Gasteiger charge is 2.29. The third-order valence-corrected chi connectivity index (χ3v) is 4.38. The van der Waals surface area contributed by atoms with Gasteiger partial charge in [0.25, 0.3) is 0 Å². The molecular formula is C19H26N4O3. The van der Waals surface area contributed by atoms with Crippen molar-refractivity contribution in [1.29, 1.82) is 0 Å². The lowest BCUT2D eigenvalue weighted by Gasteiger charge is -2.33. The van der Waals surface area contributed by atoms with Crippen LogP contribution in [0.4, 0.5) is 4.79 Å². The van der Waals surface area contributed by atoms with E-state index in [1.54, 1.807) is 7.11 Å². The molecule has 140 valence electrons. The van der Waals surface area contributed by atoms with Crippen LogP contribution in [0.1, 0.15) is 45.4 Å². The lowest BCUT2D eigenvalue weighted by Crippen LogP contribution is -2.50. The third kappa shape index (κ3) is 4.33. The van der Waals surface area contributed by atoms with Crippen molar-refractivity contribution >= 4 is 6.03 Å². The first-order valence-corrected chi connectivity index (χ1v) is 8.91. The van der Waals surface area contributed by atoms with Gasteiger partial charge in [-0.25, -0.2) is 4.79 Å². The summed E-state index contributed by atoms with van der Waals surface area (Å²) in [5.74, 6) is 2.14. The molecule has 1 aromatic carbocycles. The Morgan fingerprint density at radius 1 is 1.31 bits per heavy atom. The Labute approximate surface area is 153 Å². The fraction of sp³-hybridized carbons (Fsp3) is 0.526. The average Bonchev–Trinajstić information content (AvgIpc) is 3.10. The molecule has 2 heterocycles. The molecule has 7 nitrogen and oxygen atoms in total. The Morgan fingerprint density at radius 2 is 2.04 bits per heavy atom. The maximum atomic E-state index is 12.3. The van der Waals surface area contributed by atoms with E-state index in [0.29, 0.717) is 24.8 Å². The van der Waals surface area contributed by atoms with Gasteiger partial charge in [0, 0.05) is 30.1 Å². The molecular weight excluding hydrogens is 332 g/mol. The normalized spacial score (nSPS) is 15.8. The number of nitrogens with one attached hydrogen (secondary N) is 1. The molecule has 1 saturated heterocycles. The van der Waals surface area contributed by atoms with Gasteiger partial charge in [-0.2, -0.15) is 4.98 Å². The molecule has 0 radical (unpaired) electrons. The monoisotopic (exact) mass is 358 g/mol. The van der Waals surface area contributed by atoms with E-state index in [2.05, 4.69) is 15.5 Å². The zero-order chi connectivity index (χ0) is 18.7. The van der Waals surface area contributed by atoms with Crippen molar-refractivity contribution in [3.05, 3.63) is 30.2 Å². The smallest absolute Gasteiger partial charge is 0.317 e. The lowest BCUT2D eigenvalue weighted by molar-refractivity contribution is 0.167. The number of hydrogen-bond donors (Lipinski definition) is 1. The van der Waals surface area contributed by atoms with Crippen molar-refractivity contribution in [2.24, 2.45) is 0 Å². The van der Waals surface area contributed by atoms with Crippen molar-refractivity contribution in [3.63, 3.8) is 0 Å². The number of piperidine rings is 1. The number of methoxy groups -OCH3 is 1. The van der Waals surface area contributed by atoms with E-state index in [4.69, 9.17) is 9.26 Å². The molecule has 0 spiro atoms. The number of hydrogen-bond acceptors (Lipinski definition) is 5. The molecule has 0 aliphatic carbocycles. The molecule has 1 aliphatic rings. The Hall–Kier alpha value is -2.57. The van der Waals surface area contributed by atoms with E-state index in [1.807, 2.05) is 49.9 Å². The summed E-state index contributed by atoms with van der Waals surface area (Å²) in [7, 11) is 1.63. The molecule has 1 fully saturated rings. The summed E-state index contributed by atoms with van der Waals surface area (Å²) in [4.78, 5) is 18.7. The Bertz CT molecular complexity index is 758. The van der Waals surface area contributed by atoms with Crippen LogP contribution in [-0.4, -0.2) is 46.8 Å². The van der Waals surface area contributed by atoms with E-state index in [1.165, 1.54) is 0 Å². The van der Waals surface area contributed by atoms with Crippen LogP contribution >= 0.6 is 0 Å². The summed E-state index contributed by atoms with van der Waals surface area (Å²) in [6.07, 6.45) is 1.63. The molecule has 2 amide bonds. The highest BCUT2D eigenvalue weighted by atomic mass is 16.5. The first kappa shape index (κ1) is 18.2.